The molecule has 0 bridgehead atoms. The number of anilines is 1. The molecule has 0 radical (unpaired) electrons. The maximum atomic E-state index is 14.5. The number of carbonyl (C=O) groups excluding carboxylic acids is 1. The largest absolute Gasteiger partial charge is 0.464 e. The third-order valence-corrected chi connectivity index (χ3v) is 3.58. The van der Waals surface area contributed by atoms with Gasteiger partial charge in [-0.25, -0.2) is 14.0 Å². The Bertz CT molecular complexity index is 1010. The van der Waals surface area contributed by atoms with Crippen LogP contribution in [-0.4, -0.2) is 37.9 Å². The highest BCUT2D eigenvalue weighted by Crippen LogP contribution is 2.29. The second-order valence-corrected chi connectivity index (χ2v) is 5.43. The van der Waals surface area contributed by atoms with E-state index in [1.807, 2.05) is 0 Å². The minimum absolute atomic E-state index is 0.113. The second kappa shape index (κ2) is 7.76. The molecule has 0 saturated heterocycles. The van der Waals surface area contributed by atoms with Crippen LogP contribution in [0.4, 0.5) is 15.8 Å². The van der Waals surface area contributed by atoms with Crippen LogP contribution in [0.15, 0.2) is 27.9 Å². The molecule has 0 aliphatic rings. The molecule has 2 aromatic rings. The highest BCUT2D eigenvalue weighted by Gasteiger charge is 2.24. The number of esters is 1. The summed E-state index contributed by atoms with van der Waals surface area (Å²) < 4.78 is 20.5. The molecule has 27 heavy (non-hydrogen) atoms. The summed E-state index contributed by atoms with van der Waals surface area (Å²) >= 11 is 0. The highest BCUT2D eigenvalue weighted by atomic mass is 19.1. The van der Waals surface area contributed by atoms with Gasteiger partial charge in [-0.2, -0.15) is 9.78 Å². The van der Waals surface area contributed by atoms with Crippen molar-refractivity contribution in [1.29, 1.82) is 0 Å². The van der Waals surface area contributed by atoms with E-state index in [9.17, 15) is 28.9 Å². The Morgan fingerprint density at radius 1 is 1.44 bits per heavy atom. The molecule has 2 rings (SSSR count). The van der Waals surface area contributed by atoms with Crippen molar-refractivity contribution >= 4 is 17.3 Å². The average molecular weight is 381 g/mol. The summed E-state index contributed by atoms with van der Waals surface area (Å²) in [6.07, 6.45) is 0.779. The molecule has 0 aliphatic heterocycles. The summed E-state index contributed by atoms with van der Waals surface area (Å²) in [7, 11) is 1.16. The summed E-state index contributed by atoms with van der Waals surface area (Å²) in [5.74, 6) is -1.69. The van der Waals surface area contributed by atoms with Gasteiger partial charge in [-0.05, 0) is 13.8 Å². The van der Waals surface area contributed by atoms with Gasteiger partial charge in [0.25, 0.3) is 11.2 Å². The zero-order valence-electron chi connectivity index (χ0n) is 14.6. The summed E-state index contributed by atoms with van der Waals surface area (Å²) in [6, 6.07) is 0.573. The van der Waals surface area contributed by atoms with Gasteiger partial charge in [0.15, 0.2) is 5.82 Å². The van der Waals surface area contributed by atoms with E-state index in [0.717, 1.165) is 25.4 Å². The molecule has 11 nitrogen and oxygen atoms in total. The molecule has 0 spiro atoms. The van der Waals surface area contributed by atoms with Crippen LogP contribution in [-0.2, 0) is 16.6 Å². The van der Waals surface area contributed by atoms with Crippen LogP contribution < -0.4 is 16.6 Å². The van der Waals surface area contributed by atoms with Gasteiger partial charge >= 0.3 is 11.7 Å². The SMILES string of the molecule is CCOC(=O)C(C)Nc1cc(F)c(-n2ncc(=O)n(C)c2=O)cc1[N+](=O)[O-]. The number of nitro groups is 1. The van der Waals surface area contributed by atoms with Crippen molar-refractivity contribution in [2.24, 2.45) is 7.05 Å². The van der Waals surface area contributed by atoms with Crippen molar-refractivity contribution in [2.75, 3.05) is 11.9 Å². The number of hydrogen-bond donors (Lipinski definition) is 1. The normalized spacial score (nSPS) is 11.7. The minimum Gasteiger partial charge on any atom is -0.464 e. The number of aromatic nitrogens is 3. The van der Waals surface area contributed by atoms with E-state index in [0.29, 0.717) is 9.25 Å². The standard InChI is InChI=1S/C15H16FN5O6/c1-4-27-14(23)8(2)18-10-5-9(16)11(6-12(10)21(25)26)20-15(24)19(3)13(22)7-17-20/h5-8,18H,4H2,1-3H3. The van der Waals surface area contributed by atoms with Crippen molar-refractivity contribution in [1.82, 2.24) is 14.3 Å². The number of ether oxygens (including phenoxy) is 1. The van der Waals surface area contributed by atoms with E-state index in [1.54, 1.807) is 6.92 Å². The van der Waals surface area contributed by atoms with Gasteiger partial charge in [-0.15, -0.1) is 0 Å². The van der Waals surface area contributed by atoms with E-state index in [2.05, 4.69) is 10.4 Å². The van der Waals surface area contributed by atoms with E-state index in [-0.39, 0.29) is 12.3 Å². The van der Waals surface area contributed by atoms with Crippen LogP contribution in [0.1, 0.15) is 13.8 Å². The maximum absolute atomic E-state index is 14.5. The van der Waals surface area contributed by atoms with Crippen LogP contribution in [0.2, 0.25) is 0 Å². The molecular formula is C15H16FN5O6. The van der Waals surface area contributed by atoms with Crippen molar-refractivity contribution in [3.05, 3.63) is 55.1 Å². The molecule has 144 valence electrons. The first-order valence-corrected chi connectivity index (χ1v) is 7.74. The Kier molecular flexibility index (Phi) is 5.68. The Balaban J connectivity index is 2.56. The van der Waals surface area contributed by atoms with Gasteiger partial charge in [-0.1, -0.05) is 0 Å². The van der Waals surface area contributed by atoms with Crippen molar-refractivity contribution in [3.8, 4) is 5.69 Å². The molecule has 0 aliphatic carbocycles. The van der Waals surface area contributed by atoms with Crippen LogP contribution in [0.25, 0.3) is 5.69 Å². The molecule has 0 fully saturated rings. The van der Waals surface area contributed by atoms with Crippen LogP contribution >= 0.6 is 0 Å². The third-order valence-electron chi connectivity index (χ3n) is 3.58. The molecule has 1 aromatic heterocycles. The summed E-state index contributed by atoms with van der Waals surface area (Å²) in [4.78, 5) is 45.7. The predicted octanol–water partition coefficient (Wildman–Crippen LogP) is 0.342. The Morgan fingerprint density at radius 2 is 2.11 bits per heavy atom. The fourth-order valence-electron chi connectivity index (χ4n) is 2.18. The van der Waals surface area contributed by atoms with Crippen LogP contribution in [0.5, 0.6) is 0 Å². The lowest BCUT2D eigenvalue weighted by Crippen LogP contribution is -2.38. The summed E-state index contributed by atoms with van der Waals surface area (Å²) in [5.41, 5.74) is -3.08. The quantitative estimate of drug-likeness (QED) is 0.429. The lowest BCUT2D eigenvalue weighted by Gasteiger charge is -2.15. The van der Waals surface area contributed by atoms with E-state index >= 15 is 0 Å². The van der Waals surface area contributed by atoms with E-state index < -0.39 is 45.4 Å². The van der Waals surface area contributed by atoms with Crippen molar-refractivity contribution < 1.29 is 18.8 Å². The molecule has 12 heteroatoms. The minimum atomic E-state index is -1.02. The molecular weight excluding hydrogens is 365 g/mol. The lowest BCUT2D eigenvalue weighted by molar-refractivity contribution is -0.384. The molecule has 1 atom stereocenters. The van der Waals surface area contributed by atoms with Gasteiger partial charge in [0.05, 0.1) is 11.5 Å². The first-order chi connectivity index (χ1) is 12.7. The van der Waals surface area contributed by atoms with Crippen LogP contribution in [0, 0.1) is 15.9 Å². The third kappa shape index (κ3) is 3.99. The number of nitro benzene ring substituents is 1. The van der Waals surface area contributed by atoms with Crippen molar-refractivity contribution in [2.45, 2.75) is 19.9 Å². The van der Waals surface area contributed by atoms with Gasteiger partial charge in [-0.3, -0.25) is 19.5 Å². The molecule has 0 amide bonds. The first-order valence-electron chi connectivity index (χ1n) is 7.74. The first kappa shape index (κ1) is 19.8. The number of carbonyl (C=O) groups is 1. The second-order valence-electron chi connectivity index (χ2n) is 5.43. The Morgan fingerprint density at radius 3 is 2.70 bits per heavy atom. The van der Waals surface area contributed by atoms with Gasteiger partial charge in [0, 0.05) is 19.2 Å². The lowest BCUT2D eigenvalue weighted by atomic mass is 10.2. The number of hydrogen-bond acceptors (Lipinski definition) is 8. The van der Waals surface area contributed by atoms with Gasteiger partial charge in [0.2, 0.25) is 0 Å². The topological polar surface area (TPSA) is 138 Å². The highest BCUT2D eigenvalue weighted by molar-refractivity contribution is 5.80. The molecule has 1 aromatic carbocycles. The predicted molar refractivity (Wildman–Crippen MR) is 91.4 cm³/mol. The number of nitrogens with one attached hydrogen (secondary N) is 1. The molecule has 1 heterocycles. The van der Waals surface area contributed by atoms with Crippen molar-refractivity contribution in [3.63, 3.8) is 0 Å². The molecule has 1 N–H and O–H groups in total. The Hall–Kier alpha value is -3.57. The maximum Gasteiger partial charge on any atom is 0.352 e. The smallest absolute Gasteiger partial charge is 0.352 e. The Labute approximate surface area is 151 Å². The fourth-order valence-corrected chi connectivity index (χ4v) is 2.18. The summed E-state index contributed by atoms with van der Waals surface area (Å²) in [6.45, 7) is 3.10. The monoisotopic (exact) mass is 381 g/mol. The van der Waals surface area contributed by atoms with E-state index in [4.69, 9.17) is 4.74 Å². The zero-order chi connectivity index (χ0) is 20.3. The number of rotatable bonds is 6. The zero-order valence-corrected chi connectivity index (χ0v) is 14.6. The molecule has 0 saturated carbocycles. The van der Waals surface area contributed by atoms with Crippen LogP contribution in [0.3, 0.4) is 0 Å². The van der Waals surface area contributed by atoms with Gasteiger partial charge in [0.1, 0.15) is 23.6 Å². The molecule has 1 unspecified atom stereocenters. The average Bonchev–Trinajstić information content (AvgIpc) is 2.60. The number of nitrogens with zero attached hydrogens (tertiary/aromatic N) is 4. The fraction of sp³-hybridized carbons (Fsp3) is 0.333. The van der Waals surface area contributed by atoms with Gasteiger partial charge < -0.3 is 10.1 Å². The number of benzene rings is 1. The summed E-state index contributed by atoms with van der Waals surface area (Å²) in [5, 5.41) is 17.4. The van der Waals surface area contributed by atoms with E-state index in [1.165, 1.54) is 6.92 Å². The number of halogens is 1.